The lowest BCUT2D eigenvalue weighted by atomic mass is 10.3. The lowest BCUT2D eigenvalue weighted by molar-refractivity contribution is 0.767. The minimum absolute atomic E-state index is 0.168. The van der Waals surface area contributed by atoms with Crippen LogP contribution in [0.25, 0.3) is 0 Å². The first kappa shape index (κ1) is 9.45. The van der Waals surface area contributed by atoms with Crippen LogP contribution in [0.3, 0.4) is 0 Å². The Labute approximate surface area is 86.0 Å². The Morgan fingerprint density at radius 2 is 2.47 bits per heavy atom. The maximum absolute atomic E-state index is 11.0. The number of aryl methyl sites for hydroxylation is 1. The van der Waals surface area contributed by atoms with Crippen LogP contribution in [0, 0.1) is 0 Å². The number of anilines is 1. The van der Waals surface area contributed by atoms with E-state index in [1.807, 2.05) is 13.2 Å². The zero-order chi connectivity index (χ0) is 10.7. The molecule has 0 unspecified atom stereocenters. The molecule has 0 aliphatic carbocycles. The molecule has 2 aromatic heterocycles. The van der Waals surface area contributed by atoms with Crippen LogP contribution < -0.4 is 10.9 Å². The quantitative estimate of drug-likeness (QED) is 0.746. The van der Waals surface area contributed by atoms with Gasteiger partial charge in [0.2, 0.25) is 0 Å². The molecule has 0 aliphatic heterocycles. The number of aromatic amines is 1. The van der Waals surface area contributed by atoms with E-state index in [1.165, 1.54) is 12.4 Å². The third-order valence-corrected chi connectivity index (χ3v) is 1.91. The third-order valence-electron chi connectivity index (χ3n) is 1.91. The van der Waals surface area contributed by atoms with Crippen LogP contribution in [0.4, 0.5) is 5.82 Å². The Bertz CT molecular complexity index is 501. The molecule has 0 saturated carbocycles. The van der Waals surface area contributed by atoms with Crippen molar-refractivity contribution in [3.63, 3.8) is 0 Å². The molecule has 0 bridgehead atoms. The van der Waals surface area contributed by atoms with Gasteiger partial charge in [0, 0.05) is 31.4 Å². The van der Waals surface area contributed by atoms with E-state index in [9.17, 15) is 4.79 Å². The maximum Gasteiger partial charge on any atom is 0.252 e. The molecule has 0 aromatic carbocycles. The first-order valence-electron chi connectivity index (χ1n) is 4.50. The average Bonchev–Trinajstić information content (AvgIpc) is 2.62. The van der Waals surface area contributed by atoms with Crippen molar-refractivity contribution in [1.82, 2.24) is 19.7 Å². The van der Waals surface area contributed by atoms with Gasteiger partial charge in [-0.05, 0) is 0 Å². The van der Waals surface area contributed by atoms with E-state index in [2.05, 4.69) is 20.4 Å². The normalized spacial score (nSPS) is 10.2. The molecule has 0 saturated heterocycles. The third kappa shape index (κ3) is 2.43. The Morgan fingerprint density at radius 3 is 3.13 bits per heavy atom. The highest BCUT2D eigenvalue weighted by Gasteiger charge is 1.97. The van der Waals surface area contributed by atoms with E-state index in [4.69, 9.17) is 0 Å². The zero-order valence-electron chi connectivity index (χ0n) is 8.27. The molecule has 0 radical (unpaired) electrons. The number of rotatable bonds is 3. The van der Waals surface area contributed by atoms with E-state index >= 15 is 0 Å². The van der Waals surface area contributed by atoms with Gasteiger partial charge >= 0.3 is 0 Å². The van der Waals surface area contributed by atoms with Gasteiger partial charge in [0.15, 0.2) is 0 Å². The van der Waals surface area contributed by atoms with Crippen LogP contribution >= 0.6 is 0 Å². The van der Waals surface area contributed by atoms with E-state index in [0.29, 0.717) is 12.4 Å². The fraction of sp³-hybridized carbons (Fsp3) is 0.222. The first-order valence-corrected chi connectivity index (χ1v) is 4.50. The monoisotopic (exact) mass is 205 g/mol. The summed E-state index contributed by atoms with van der Waals surface area (Å²) in [6, 6.07) is 1.41. The van der Waals surface area contributed by atoms with E-state index in [-0.39, 0.29) is 5.56 Å². The molecule has 6 nitrogen and oxygen atoms in total. The van der Waals surface area contributed by atoms with Crippen molar-refractivity contribution in [1.29, 1.82) is 0 Å². The minimum atomic E-state index is -0.168. The molecule has 2 N–H and O–H groups in total. The van der Waals surface area contributed by atoms with Gasteiger partial charge in [-0.2, -0.15) is 5.10 Å². The summed E-state index contributed by atoms with van der Waals surface area (Å²) in [4.78, 5) is 17.4. The van der Waals surface area contributed by atoms with Crippen LogP contribution in [0.1, 0.15) is 5.56 Å². The van der Waals surface area contributed by atoms with Gasteiger partial charge in [0.05, 0.1) is 12.5 Å². The van der Waals surface area contributed by atoms with Crippen molar-refractivity contribution in [3.8, 4) is 0 Å². The zero-order valence-corrected chi connectivity index (χ0v) is 8.27. The number of nitrogens with zero attached hydrogens (tertiary/aromatic N) is 3. The van der Waals surface area contributed by atoms with Crippen LogP contribution in [0.2, 0.25) is 0 Å². The Kier molecular flexibility index (Phi) is 2.49. The number of hydrogen-bond acceptors (Lipinski definition) is 4. The molecule has 78 valence electrons. The van der Waals surface area contributed by atoms with E-state index in [1.54, 1.807) is 10.9 Å². The summed E-state index contributed by atoms with van der Waals surface area (Å²) in [5.41, 5.74) is 0.873. The number of hydrogen-bond donors (Lipinski definition) is 2. The predicted molar refractivity (Wildman–Crippen MR) is 55.4 cm³/mol. The molecule has 0 amide bonds. The average molecular weight is 205 g/mol. The summed E-state index contributed by atoms with van der Waals surface area (Å²) < 4.78 is 1.72. The minimum Gasteiger partial charge on any atom is -0.366 e. The highest BCUT2D eigenvalue weighted by atomic mass is 16.1. The van der Waals surface area contributed by atoms with Gasteiger partial charge in [-0.15, -0.1) is 0 Å². The van der Waals surface area contributed by atoms with Gasteiger partial charge in [-0.1, -0.05) is 0 Å². The van der Waals surface area contributed by atoms with Crippen molar-refractivity contribution in [3.05, 3.63) is 40.7 Å². The summed E-state index contributed by atoms with van der Waals surface area (Å²) in [6.07, 6.45) is 5.04. The van der Waals surface area contributed by atoms with Crippen molar-refractivity contribution in [2.75, 3.05) is 5.32 Å². The fourth-order valence-electron chi connectivity index (χ4n) is 1.22. The summed E-state index contributed by atoms with van der Waals surface area (Å²) in [7, 11) is 1.86. The molecule has 2 aromatic rings. The first-order chi connectivity index (χ1) is 7.24. The SMILES string of the molecule is Cn1cc(CNc2cc(=O)[nH]cn2)cn1. The van der Waals surface area contributed by atoms with Crippen molar-refractivity contribution < 1.29 is 0 Å². The lowest BCUT2D eigenvalue weighted by Crippen LogP contribution is -2.08. The standard InChI is InChI=1S/C9H11N5O/c1-14-5-7(4-13-14)3-10-8-2-9(15)12-6-11-8/h2,4-6H,3H2,1H3,(H2,10,11,12,15). The van der Waals surface area contributed by atoms with Crippen molar-refractivity contribution >= 4 is 5.82 Å². The number of H-pyrrole nitrogens is 1. The summed E-state index contributed by atoms with van der Waals surface area (Å²) in [6.45, 7) is 0.601. The van der Waals surface area contributed by atoms with E-state index in [0.717, 1.165) is 5.56 Å². The van der Waals surface area contributed by atoms with E-state index < -0.39 is 0 Å². The number of nitrogens with one attached hydrogen (secondary N) is 2. The second kappa shape index (κ2) is 3.95. The Balaban J connectivity index is 2.02. The highest BCUT2D eigenvalue weighted by Crippen LogP contribution is 2.01. The van der Waals surface area contributed by atoms with Gasteiger partial charge in [-0.3, -0.25) is 9.48 Å². The van der Waals surface area contributed by atoms with Crippen LogP contribution in [-0.4, -0.2) is 19.7 Å². The fourth-order valence-corrected chi connectivity index (χ4v) is 1.22. The Hall–Kier alpha value is -2.11. The van der Waals surface area contributed by atoms with Gasteiger partial charge in [0.25, 0.3) is 5.56 Å². The summed E-state index contributed by atoms with van der Waals surface area (Å²) >= 11 is 0. The van der Waals surface area contributed by atoms with Crippen LogP contribution in [0.15, 0.2) is 29.6 Å². The summed E-state index contributed by atoms with van der Waals surface area (Å²) in [5, 5.41) is 7.07. The lowest BCUT2D eigenvalue weighted by Gasteiger charge is -2.01. The molecule has 15 heavy (non-hydrogen) atoms. The smallest absolute Gasteiger partial charge is 0.252 e. The molecular formula is C9H11N5O. The van der Waals surface area contributed by atoms with Crippen LogP contribution in [-0.2, 0) is 13.6 Å². The van der Waals surface area contributed by atoms with Crippen molar-refractivity contribution in [2.24, 2.45) is 7.05 Å². The van der Waals surface area contributed by atoms with Gasteiger partial charge in [-0.25, -0.2) is 4.98 Å². The molecule has 2 rings (SSSR count). The van der Waals surface area contributed by atoms with Crippen molar-refractivity contribution in [2.45, 2.75) is 6.54 Å². The predicted octanol–water partition coefficient (Wildman–Crippen LogP) is 0.115. The molecule has 0 spiro atoms. The van der Waals surface area contributed by atoms with Gasteiger partial charge in [0.1, 0.15) is 5.82 Å². The molecule has 0 fully saturated rings. The maximum atomic E-state index is 11.0. The largest absolute Gasteiger partial charge is 0.366 e. The number of aromatic nitrogens is 4. The molecule has 0 aliphatic rings. The highest BCUT2D eigenvalue weighted by molar-refractivity contribution is 5.32. The topological polar surface area (TPSA) is 75.6 Å². The second-order valence-corrected chi connectivity index (χ2v) is 3.17. The summed E-state index contributed by atoms with van der Waals surface area (Å²) in [5.74, 6) is 0.558. The van der Waals surface area contributed by atoms with Crippen LogP contribution in [0.5, 0.6) is 0 Å². The molecule has 2 heterocycles. The second-order valence-electron chi connectivity index (χ2n) is 3.17. The molecule has 6 heteroatoms. The van der Waals surface area contributed by atoms with Gasteiger partial charge < -0.3 is 10.3 Å². The molecule has 0 atom stereocenters. The molecular weight excluding hydrogens is 194 g/mol. The Morgan fingerprint density at radius 1 is 1.60 bits per heavy atom.